The average molecular weight is 327 g/mol. The van der Waals surface area contributed by atoms with Crippen LogP contribution in [0.25, 0.3) is 0 Å². The van der Waals surface area contributed by atoms with E-state index in [9.17, 15) is 0 Å². The molecule has 24 heavy (non-hydrogen) atoms. The van der Waals surface area contributed by atoms with Gasteiger partial charge in [0.1, 0.15) is 5.82 Å². The summed E-state index contributed by atoms with van der Waals surface area (Å²) in [5, 5.41) is 11.8. The third kappa shape index (κ3) is 4.58. The van der Waals surface area contributed by atoms with Crippen LogP contribution < -0.4 is 10.6 Å². The van der Waals surface area contributed by atoms with Crippen LogP contribution in [-0.2, 0) is 13.0 Å². The average Bonchev–Trinajstić information content (AvgIpc) is 2.92. The quantitative estimate of drug-likeness (QED) is 0.816. The van der Waals surface area contributed by atoms with Crippen molar-refractivity contribution < 1.29 is 0 Å². The molecule has 0 spiro atoms. The smallest absolute Gasteiger partial charge is 0.124 e. The van der Waals surface area contributed by atoms with Crippen molar-refractivity contribution in [3.63, 3.8) is 0 Å². The molecule has 0 saturated carbocycles. The second kappa shape index (κ2) is 7.81. The van der Waals surface area contributed by atoms with Crippen LogP contribution in [-0.4, -0.2) is 54.5 Å². The highest BCUT2D eigenvalue weighted by molar-refractivity contribution is 5.38. The lowest BCUT2D eigenvalue weighted by Crippen LogP contribution is -2.44. The van der Waals surface area contributed by atoms with Crippen molar-refractivity contribution in [1.82, 2.24) is 20.0 Å². The van der Waals surface area contributed by atoms with Gasteiger partial charge in [-0.05, 0) is 33.0 Å². The summed E-state index contributed by atoms with van der Waals surface area (Å²) in [5.41, 5.74) is 2.48. The minimum Gasteiger partial charge on any atom is -0.370 e. The van der Waals surface area contributed by atoms with Gasteiger partial charge in [0, 0.05) is 44.2 Å². The summed E-state index contributed by atoms with van der Waals surface area (Å²) in [5.74, 6) is 1.72. The van der Waals surface area contributed by atoms with Crippen molar-refractivity contribution in [2.45, 2.75) is 25.9 Å². The molecule has 1 aliphatic heterocycles. The molecule has 0 bridgehead atoms. The van der Waals surface area contributed by atoms with Gasteiger partial charge >= 0.3 is 0 Å². The number of aryl methyl sites for hydroxylation is 1. The number of rotatable bonds is 7. The van der Waals surface area contributed by atoms with E-state index in [0.717, 1.165) is 44.1 Å². The second-order valence-corrected chi connectivity index (χ2v) is 7.16. The van der Waals surface area contributed by atoms with Gasteiger partial charge in [-0.25, -0.2) is 4.68 Å². The second-order valence-electron chi connectivity index (χ2n) is 7.16. The lowest BCUT2D eigenvalue weighted by Gasteiger charge is -2.28. The molecule has 5 heteroatoms. The van der Waals surface area contributed by atoms with Gasteiger partial charge in [-0.2, -0.15) is 5.10 Å². The number of aromatic nitrogens is 2. The first-order valence-electron chi connectivity index (χ1n) is 8.80. The molecule has 0 aliphatic carbocycles. The van der Waals surface area contributed by atoms with Crippen LogP contribution >= 0.6 is 0 Å². The molecule has 0 radical (unpaired) electrons. The molecule has 3 rings (SSSR count). The Morgan fingerprint density at radius 2 is 2.12 bits per heavy atom. The molecule has 5 nitrogen and oxygen atoms in total. The number of fused-ring (bicyclic) bond motifs is 1. The highest BCUT2D eigenvalue weighted by Crippen LogP contribution is 2.18. The van der Waals surface area contributed by atoms with Crippen molar-refractivity contribution in [2.24, 2.45) is 5.92 Å². The van der Waals surface area contributed by atoms with Gasteiger partial charge in [0.2, 0.25) is 0 Å². The molecule has 0 unspecified atom stereocenters. The number of benzene rings is 1. The highest BCUT2D eigenvalue weighted by atomic mass is 15.3. The molecule has 1 aromatic heterocycles. The summed E-state index contributed by atoms with van der Waals surface area (Å²) in [6, 6.07) is 13.3. The molecule has 0 fully saturated rings. The first-order valence-corrected chi connectivity index (χ1v) is 8.80. The van der Waals surface area contributed by atoms with E-state index < -0.39 is 0 Å². The van der Waals surface area contributed by atoms with Gasteiger partial charge in [-0.1, -0.05) is 30.3 Å². The summed E-state index contributed by atoms with van der Waals surface area (Å²) in [6.07, 6.45) is 1.06. The number of hydrogen-bond donors (Lipinski definition) is 2. The molecule has 2 aromatic rings. The molecule has 2 N–H and O–H groups in total. The van der Waals surface area contributed by atoms with Gasteiger partial charge in [0.15, 0.2) is 0 Å². The maximum Gasteiger partial charge on any atom is 0.124 e. The maximum atomic E-state index is 4.56. The van der Waals surface area contributed by atoms with Crippen LogP contribution in [0.4, 0.5) is 5.82 Å². The van der Waals surface area contributed by atoms with Crippen molar-refractivity contribution in [3.8, 4) is 0 Å². The summed E-state index contributed by atoms with van der Waals surface area (Å²) >= 11 is 0. The van der Waals surface area contributed by atoms with E-state index >= 15 is 0 Å². The van der Waals surface area contributed by atoms with E-state index in [0.29, 0.717) is 12.0 Å². The summed E-state index contributed by atoms with van der Waals surface area (Å²) < 4.78 is 2.10. The van der Waals surface area contributed by atoms with Crippen molar-refractivity contribution in [1.29, 1.82) is 0 Å². The maximum absolute atomic E-state index is 4.56. The van der Waals surface area contributed by atoms with Crippen LogP contribution in [0.5, 0.6) is 0 Å². The van der Waals surface area contributed by atoms with Crippen LogP contribution in [0.3, 0.4) is 0 Å². The Hall–Kier alpha value is -1.85. The van der Waals surface area contributed by atoms with Gasteiger partial charge in [0.05, 0.1) is 5.69 Å². The van der Waals surface area contributed by atoms with Crippen molar-refractivity contribution >= 4 is 5.82 Å². The molecule has 0 amide bonds. The zero-order valence-corrected chi connectivity index (χ0v) is 15.0. The third-order valence-corrected chi connectivity index (χ3v) is 4.51. The normalized spacial score (nSPS) is 18.2. The summed E-state index contributed by atoms with van der Waals surface area (Å²) in [4.78, 5) is 2.26. The Labute approximate surface area is 145 Å². The molecule has 1 aliphatic rings. The Balaban J connectivity index is 1.55. The zero-order valence-electron chi connectivity index (χ0n) is 15.0. The molecule has 0 saturated heterocycles. The van der Waals surface area contributed by atoms with Gasteiger partial charge in [0.25, 0.3) is 0 Å². The lowest BCUT2D eigenvalue weighted by molar-refractivity contribution is 0.309. The van der Waals surface area contributed by atoms with Crippen molar-refractivity contribution in [3.05, 3.63) is 47.7 Å². The van der Waals surface area contributed by atoms with Gasteiger partial charge in [-0.15, -0.1) is 0 Å². The molecule has 1 aromatic carbocycles. The molecule has 130 valence electrons. The number of likely N-dealkylation sites (N-methyl/N-ethyl adjacent to an activating group) is 1. The minimum absolute atomic E-state index is 0.461. The van der Waals surface area contributed by atoms with Crippen LogP contribution in [0.15, 0.2) is 36.4 Å². The highest BCUT2D eigenvalue weighted by Gasteiger charge is 2.20. The Morgan fingerprint density at radius 3 is 2.88 bits per heavy atom. The van der Waals surface area contributed by atoms with E-state index in [1.165, 1.54) is 5.56 Å². The lowest BCUT2D eigenvalue weighted by atomic mass is 10.0. The number of hydrogen-bond acceptors (Lipinski definition) is 4. The predicted molar refractivity (Wildman–Crippen MR) is 99.4 cm³/mol. The third-order valence-electron chi connectivity index (χ3n) is 4.51. The number of nitrogens with one attached hydrogen (secondary N) is 2. The van der Waals surface area contributed by atoms with E-state index in [1.54, 1.807) is 0 Å². The summed E-state index contributed by atoms with van der Waals surface area (Å²) in [7, 11) is 4.28. The topological polar surface area (TPSA) is 45.1 Å². The van der Waals surface area contributed by atoms with E-state index in [-0.39, 0.29) is 0 Å². The monoisotopic (exact) mass is 327 g/mol. The Kier molecular flexibility index (Phi) is 5.53. The van der Waals surface area contributed by atoms with E-state index in [1.807, 2.05) is 6.92 Å². The fourth-order valence-electron chi connectivity index (χ4n) is 3.40. The Morgan fingerprint density at radius 1 is 1.33 bits per heavy atom. The molecular formula is C19H29N5. The largest absolute Gasteiger partial charge is 0.370 e. The molecular weight excluding hydrogens is 298 g/mol. The molecule has 2 heterocycles. The zero-order chi connectivity index (χ0) is 16.9. The van der Waals surface area contributed by atoms with Crippen molar-refractivity contribution in [2.75, 3.05) is 39.0 Å². The van der Waals surface area contributed by atoms with Crippen LogP contribution in [0.2, 0.25) is 0 Å². The van der Waals surface area contributed by atoms with Crippen LogP contribution in [0.1, 0.15) is 11.3 Å². The number of nitrogens with zero attached hydrogens (tertiary/aromatic N) is 3. The predicted octanol–water partition coefficient (Wildman–Crippen LogP) is 2.00. The summed E-state index contributed by atoms with van der Waals surface area (Å²) in [6.45, 7) is 6.10. The first kappa shape index (κ1) is 17.0. The standard InChI is InChI=1S/C19H29N5/c1-15-9-19-21-12-17(13-24(19)22-15)11-20-18(14-23(2)3)10-16-7-5-4-6-8-16/h4-9,17-18,20-21H,10-14H2,1-3H3/t17-,18+/m1/s1. The van der Waals surface area contributed by atoms with Crippen LogP contribution in [0, 0.1) is 12.8 Å². The molecule has 2 atom stereocenters. The Bertz CT molecular complexity index is 634. The van der Waals surface area contributed by atoms with Gasteiger partial charge in [-0.3, -0.25) is 0 Å². The van der Waals surface area contributed by atoms with Gasteiger partial charge < -0.3 is 15.5 Å². The minimum atomic E-state index is 0.461. The number of anilines is 1. The first-order chi connectivity index (χ1) is 11.6. The SMILES string of the molecule is Cc1cc2n(n1)C[C@H](CN[C@@H](Cc1ccccc1)CN(C)C)CN2. The fraction of sp³-hybridized carbons (Fsp3) is 0.526. The van der Waals surface area contributed by atoms with E-state index in [4.69, 9.17) is 0 Å². The van der Waals surface area contributed by atoms with E-state index in [2.05, 4.69) is 75.8 Å². The fourth-order valence-corrected chi connectivity index (χ4v) is 3.40.